The van der Waals surface area contributed by atoms with Crippen LogP contribution in [0.1, 0.15) is 24.8 Å². The van der Waals surface area contributed by atoms with Gasteiger partial charge in [-0.25, -0.2) is 0 Å². The number of nitrogen functional groups attached to an aromatic ring is 1. The second-order valence-corrected chi connectivity index (χ2v) is 6.62. The maximum atomic E-state index is 7.81. The molecule has 5 heteroatoms. The molecule has 2 heterocycles. The summed E-state index contributed by atoms with van der Waals surface area (Å²) in [7, 11) is 0. The van der Waals surface area contributed by atoms with Crippen molar-refractivity contribution in [2.24, 2.45) is 5.73 Å². The molecule has 20 heavy (non-hydrogen) atoms. The molecule has 1 aromatic carbocycles. The van der Waals surface area contributed by atoms with Gasteiger partial charge in [-0.15, -0.1) is 0 Å². The van der Waals surface area contributed by atoms with Crippen LogP contribution in [-0.4, -0.2) is 43.0 Å². The lowest BCUT2D eigenvalue weighted by Crippen LogP contribution is -2.37. The van der Waals surface area contributed by atoms with Gasteiger partial charge >= 0.3 is 0 Å². The number of hydrogen-bond acceptors (Lipinski definition) is 3. The van der Waals surface area contributed by atoms with Gasteiger partial charge in [-0.05, 0) is 44.0 Å². The molecule has 2 aliphatic heterocycles. The van der Waals surface area contributed by atoms with Gasteiger partial charge in [-0.3, -0.25) is 10.3 Å². The fraction of sp³-hybridized carbons (Fsp3) is 0.533. The van der Waals surface area contributed by atoms with E-state index in [9.17, 15) is 0 Å². The van der Waals surface area contributed by atoms with Crippen LogP contribution in [0.4, 0.5) is 5.69 Å². The lowest BCUT2D eigenvalue weighted by Gasteiger charge is -2.29. The number of halogens is 1. The molecule has 1 unspecified atom stereocenters. The Morgan fingerprint density at radius 3 is 2.85 bits per heavy atom. The standard InChI is InChI=1S/C15H21BrN4/c16-11-4-5-14(13(9-11)15(17)18)20-8-2-7-19-6-1-3-12(19)10-20/h4-5,9,12H,1-3,6-8,10H2,(H3,17,18). The predicted molar refractivity (Wildman–Crippen MR) is 86.6 cm³/mol. The number of hydrogen-bond donors (Lipinski definition) is 2. The molecule has 0 spiro atoms. The molecule has 2 aliphatic rings. The summed E-state index contributed by atoms with van der Waals surface area (Å²) in [6.45, 7) is 4.56. The summed E-state index contributed by atoms with van der Waals surface area (Å²) in [4.78, 5) is 5.03. The number of rotatable bonds is 2. The molecule has 0 radical (unpaired) electrons. The van der Waals surface area contributed by atoms with Crippen LogP contribution in [-0.2, 0) is 0 Å². The average Bonchev–Trinajstić information content (AvgIpc) is 2.76. The predicted octanol–water partition coefficient (Wildman–Crippen LogP) is 2.41. The molecule has 0 aromatic heterocycles. The first-order valence-corrected chi connectivity index (χ1v) is 8.07. The van der Waals surface area contributed by atoms with Crippen LogP contribution >= 0.6 is 15.9 Å². The normalized spacial score (nSPS) is 23.4. The van der Waals surface area contributed by atoms with E-state index >= 15 is 0 Å². The van der Waals surface area contributed by atoms with Gasteiger partial charge in [0, 0.05) is 41.4 Å². The minimum absolute atomic E-state index is 0.147. The van der Waals surface area contributed by atoms with Crippen molar-refractivity contribution in [1.29, 1.82) is 5.41 Å². The molecule has 3 rings (SSSR count). The van der Waals surface area contributed by atoms with Crippen molar-refractivity contribution in [1.82, 2.24) is 4.90 Å². The van der Waals surface area contributed by atoms with Gasteiger partial charge in [-0.2, -0.15) is 0 Å². The van der Waals surface area contributed by atoms with Gasteiger partial charge in [-0.1, -0.05) is 15.9 Å². The number of benzene rings is 1. The second-order valence-electron chi connectivity index (χ2n) is 5.71. The van der Waals surface area contributed by atoms with E-state index in [1.807, 2.05) is 12.1 Å². The van der Waals surface area contributed by atoms with Crippen LogP contribution in [0.2, 0.25) is 0 Å². The Kier molecular flexibility index (Phi) is 3.98. The Hall–Kier alpha value is -1.07. The van der Waals surface area contributed by atoms with E-state index in [4.69, 9.17) is 11.1 Å². The molecule has 2 fully saturated rings. The summed E-state index contributed by atoms with van der Waals surface area (Å²) in [5.74, 6) is 0.147. The van der Waals surface area contributed by atoms with Crippen molar-refractivity contribution in [2.45, 2.75) is 25.3 Å². The van der Waals surface area contributed by atoms with Crippen molar-refractivity contribution in [2.75, 3.05) is 31.1 Å². The van der Waals surface area contributed by atoms with Gasteiger partial charge in [0.05, 0.1) is 0 Å². The maximum absolute atomic E-state index is 7.81. The molecule has 1 aromatic rings. The number of nitrogens with zero attached hydrogens (tertiary/aromatic N) is 2. The zero-order valence-electron chi connectivity index (χ0n) is 11.6. The number of amidine groups is 1. The number of nitrogens with two attached hydrogens (primary N) is 1. The third kappa shape index (κ3) is 2.69. The van der Waals surface area contributed by atoms with E-state index < -0.39 is 0 Å². The van der Waals surface area contributed by atoms with Crippen LogP contribution in [0.15, 0.2) is 22.7 Å². The van der Waals surface area contributed by atoms with Crippen LogP contribution < -0.4 is 10.6 Å². The SMILES string of the molecule is N=C(N)c1cc(Br)ccc1N1CCCN2CCCC2C1. The third-order valence-corrected chi connectivity index (χ3v) is 4.89. The highest BCUT2D eigenvalue weighted by Crippen LogP contribution is 2.29. The van der Waals surface area contributed by atoms with E-state index in [1.54, 1.807) is 0 Å². The van der Waals surface area contributed by atoms with E-state index in [2.05, 4.69) is 31.8 Å². The molecule has 108 valence electrons. The minimum atomic E-state index is 0.147. The maximum Gasteiger partial charge on any atom is 0.124 e. The van der Waals surface area contributed by atoms with Crippen LogP contribution in [0, 0.1) is 5.41 Å². The highest BCUT2D eigenvalue weighted by Gasteiger charge is 2.29. The van der Waals surface area contributed by atoms with Crippen LogP contribution in [0.3, 0.4) is 0 Å². The van der Waals surface area contributed by atoms with Crippen molar-refractivity contribution >= 4 is 27.5 Å². The largest absolute Gasteiger partial charge is 0.384 e. The lowest BCUT2D eigenvalue weighted by atomic mass is 10.1. The summed E-state index contributed by atoms with van der Waals surface area (Å²) < 4.78 is 0.976. The molecule has 0 bridgehead atoms. The molecule has 2 saturated heterocycles. The summed E-state index contributed by atoms with van der Waals surface area (Å²) >= 11 is 3.47. The van der Waals surface area contributed by atoms with Crippen LogP contribution in [0.5, 0.6) is 0 Å². The fourth-order valence-corrected chi connectivity index (χ4v) is 3.79. The van der Waals surface area contributed by atoms with Crippen molar-refractivity contribution in [3.63, 3.8) is 0 Å². The molecule has 1 atom stereocenters. The summed E-state index contributed by atoms with van der Waals surface area (Å²) in [5, 5.41) is 7.81. The summed E-state index contributed by atoms with van der Waals surface area (Å²) in [6, 6.07) is 6.75. The van der Waals surface area contributed by atoms with E-state index in [0.717, 1.165) is 28.8 Å². The molecular formula is C15H21BrN4. The Labute approximate surface area is 128 Å². The molecule has 3 N–H and O–H groups in total. The Morgan fingerprint density at radius 1 is 1.25 bits per heavy atom. The molecule has 0 aliphatic carbocycles. The van der Waals surface area contributed by atoms with Gasteiger partial charge in [0.1, 0.15) is 5.84 Å². The monoisotopic (exact) mass is 336 g/mol. The molecule has 0 amide bonds. The minimum Gasteiger partial charge on any atom is -0.384 e. The van der Waals surface area contributed by atoms with Gasteiger partial charge in [0.25, 0.3) is 0 Å². The second kappa shape index (κ2) is 5.74. The van der Waals surface area contributed by atoms with E-state index in [0.29, 0.717) is 6.04 Å². The van der Waals surface area contributed by atoms with Crippen molar-refractivity contribution in [3.05, 3.63) is 28.2 Å². The topological polar surface area (TPSA) is 56.4 Å². The Balaban J connectivity index is 1.89. The number of fused-ring (bicyclic) bond motifs is 1. The Bertz CT molecular complexity index is 517. The first kappa shape index (κ1) is 13.9. The lowest BCUT2D eigenvalue weighted by molar-refractivity contribution is 0.273. The average molecular weight is 337 g/mol. The summed E-state index contributed by atoms with van der Waals surface area (Å²) in [6.07, 6.45) is 3.80. The van der Waals surface area contributed by atoms with E-state index in [-0.39, 0.29) is 5.84 Å². The molecular weight excluding hydrogens is 316 g/mol. The Morgan fingerprint density at radius 2 is 2.05 bits per heavy atom. The zero-order chi connectivity index (χ0) is 14.1. The quantitative estimate of drug-likeness (QED) is 0.644. The first-order valence-electron chi connectivity index (χ1n) is 7.28. The molecule has 4 nitrogen and oxygen atoms in total. The number of nitrogens with one attached hydrogen (secondary N) is 1. The summed E-state index contributed by atoms with van der Waals surface area (Å²) in [5.41, 5.74) is 7.71. The van der Waals surface area contributed by atoms with Gasteiger partial charge < -0.3 is 10.6 Å². The van der Waals surface area contributed by atoms with Crippen molar-refractivity contribution < 1.29 is 0 Å². The zero-order valence-corrected chi connectivity index (χ0v) is 13.2. The first-order chi connectivity index (χ1) is 9.65. The molecule has 0 saturated carbocycles. The number of anilines is 1. The third-order valence-electron chi connectivity index (χ3n) is 4.39. The van der Waals surface area contributed by atoms with Crippen LogP contribution in [0.25, 0.3) is 0 Å². The van der Waals surface area contributed by atoms with E-state index in [1.165, 1.54) is 32.4 Å². The van der Waals surface area contributed by atoms with Crippen molar-refractivity contribution in [3.8, 4) is 0 Å². The fourth-order valence-electron chi connectivity index (χ4n) is 3.43. The highest BCUT2D eigenvalue weighted by atomic mass is 79.9. The van der Waals surface area contributed by atoms with Gasteiger partial charge in [0.2, 0.25) is 0 Å². The smallest absolute Gasteiger partial charge is 0.124 e. The highest BCUT2D eigenvalue weighted by molar-refractivity contribution is 9.10. The van der Waals surface area contributed by atoms with Gasteiger partial charge in [0.15, 0.2) is 0 Å².